The molecule has 2 aromatic heterocycles. The fourth-order valence-electron chi connectivity index (χ4n) is 2.41. The molecule has 5 nitrogen and oxygen atoms in total. The van der Waals surface area contributed by atoms with Crippen LogP contribution < -0.4 is 5.73 Å². The van der Waals surface area contributed by atoms with Crippen LogP contribution in [-0.2, 0) is 0 Å². The number of benzene rings is 1. The molecule has 3 N–H and O–H groups in total. The summed E-state index contributed by atoms with van der Waals surface area (Å²) in [5, 5.41) is 13.2. The second kappa shape index (κ2) is 4.45. The molecular formula is C15H15N5. The van der Waals surface area contributed by atoms with Gasteiger partial charge in [0.1, 0.15) is 5.84 Å². The van der Waals surface area contributed by atoms with E-state index in [2.05, 4.69) is 10.1 Å². The summed E-state index contributed by atoms with van der Waals surface area (Å²) >= 11 is 0. The molecule has 5 heteroatoms. The zero-order valence-electron chi connectivity index (χ0n) is 11.4. The Morgan fingerprint density at radius 2 is 2.00 bits per heavy atom. The van der Waals surface area contributed by atoms with Crippen LogP contribution in [0.4, 0.5) is 0 Å². The summed E-state index contributed by atoms with van der Waals surface area (Å²) in [6, 6.07) is 9.80. The van der Waals surface area contributed by atoms with Gasteiger partial charge in [0.2, 0.25) is 0 Å². The summed E-state index contributed by atoms with van der Waals surface area (Å²) in [5.74, 6) is -0.00851. The van der Waals surface area contributed by atoms with Crippen LogP contribution in [0.2, 0.25) is 0 Å². The Bertz CT molecular complexity index is 816. The van der Waals surface area contributed by atoms with Gasteiger partial charge in [-0.05, 0) is 26.0 Å². The molecular weight excluding hydrogens is 250 g/mol. The highest BCUT2D eigenvalue weighted by Crippen LogP contribution is 2.25. The monoisotopic (exact) mass is 265 g/mol. The van der Waals surface area contributed by atoms with Crippen molar-refractivity contribution >= 4 is 16.7 Å². The molecule has 2 heterocycles. The molecule has 0 aliphatic rings. The first kappa shape index (κ1) is 12.3. The number of amidine groups is 1. The number of nitrogen functional groups attached to an aromatic ring is 1. The highest BCUT2D eigenvalue weighted by Gasteiger charge is 2.15. The van der Waals surface area contributed by atoms with Crippen molar-refractivity contribution < 1.29 is 0 Å². The molecule has 0 aliphatic heterocycles. The maximum atomic E-state index is 7.77. The topological polar surface area (TPSA) is 80.6 Å². The molecule has 0 radical (unpaired) electrons. The first-order valence-corrected chi connectivity index (χ1v) is 6.33. The van der Waals surface area contributed by atoms with Crippen molar-refractivity contribution in [3.05, 3.63) is 53.5 Å². The second-order valence-corrected chi connectivity index (χ2v) is 4.79. The summed E-state index contributed by atoms with van der Waals surface area (Å²) in [6.07, 6.45) is 1.64. The lowest BCUT2D eigenvalue weighted by Gasteiger charge is -2.13. The van der Waals surface area contributed by atoms with Crippen molar-refractivity contribution in [1.29, 1.82) is 5.41 Å². The molecule has 0 fully saturated rings. The number of aromatic nitrogens is 3. The number of fused-ring (bicyclic) bond motifs is 1. The number of para-hydroxylation sites is 1. The fraction of sp³-hybridized carbons (Fsp3) is 0.133. The largest absolute Gasteiger partial charge is 0.384 e. The van der Waals surface area contributed by atoms with Crippen molar-refractivity contribution in [3.63, 3.8) is 0 Å². The Morgan fingerprint density at radius 3 is 2.65 bits per heavy atom. The molecule has 100 valence electrons. The average molecular weight is 265 g/mol. The Labute approximate surface area is 116 Å². The molecule has 0 bridgehead atoms. The average Bonchev–Trinajstić information content (AvgIpc) is 2.76. The minimum Gasteiger partial charge on any atom is -0.384 e. The zero-order chi connectivity index (χ0) is 14.3. The molecule has 0 amide bonds. The molecule has 3 rings (SSSR count). The van der Waals surface area contributed by atoms with E-state index < -0.39 is 0 Å². The third kappa shape index (κ3) is 1.84. The number of aryl methyl sites for hydroxylation is 2. The van der Waals surface area contributed by atoms with Crippen LogP contribution in [0.3, 0.4) is 0 Å². The molecule has 0 atom stereocenters. The number of hydrogen-bond acceptors (Lipinski definition) is 3. The van der Waals surface area contributed by atoms with E-state index in [4.69, 9.17) is 11.1 Å². The molecule has 0 aliphatic carbocycles. The van der Waals surface area contributed by atoms with Gasteiger partial charge in [0.15, 0.2) is 0 Å². The predicted octanol–water partition coefficient (Wildman–Crippen LogP) is 2.32. The second-order valence-electron chi connectivity index (χ2n) is 4.79. The lowest BCUT2D eigenvalue weighted by molar-refractivity contribution is 0.836. The standard InChI is InChI=1S/C15H15N5/c1-9-7-10(2)20(19-9)14-11-5-3-4-6-13(11)18-8-12(14)15(16)17/h3-8H,1-2H3,(H3,16,17). The van der Waals surface area contributed by atoms with E-state index in [0.717, 1.165) is 28.0 Å². The van der Waals surface area contributed by atoms with Gasteiger partial charge in [-0.2, -0.15) is 5.10 Å². The normalized spacial score (nSPS) is 10.9. The van der Waals surface area contributed by atoms with Gasteiger partial charge in [-0.3, -0.25) is 10.4 Å². The first-order valence-electron chi connectivity index (χ1n) is 6.33. The predicted molar refractivity (Wildman–Crippen MR) is 79.4 cm³/mol. The van der Waals surface area contributed by atoms with Crippen molar-refractivity contribution in [3.8, 4) is 5.69 Å². The minimum atomic E-state index is -0.00851. The zero-order valence-corrected chi connectivity index (χ0v) is 11.4. The number of hydrogen-bond donors (Lipinski definition) is 2. The van der Waals surface area contributed by atoms with E-state index in [9.17, 15) is 0 Å². The number of rotatable bonds is 2. The number of nitrogens with zero attached hydrogens (tertiary/aromatic N) is 3. The van der Waals surface area contributed by atoms with Crippen LogP contribution in [-0.4, -0.2) is 20.6 Å². The van der Waals surface area contributed by atoms with Gasteiger partial charge in [0.25, 0.3) is 0 Å². The lowest BCUT2D eigenvalue weighted by Crippen LogP contribution is -2.16. The van der Waals surface area contributed by atoms with Crippen molar-refractivity contribution in [1.82, 2.24) is 14.8 Å². The first-order chi connectivity index (χ1) is 9.58. The van der Waals surface area contributed by atoms with Crippen molar-refractivity contribution in [2.75, 3.05) is 0 Å². The van der Waals surface area contributed by atoms with E-state index in [1.54, 1.807) is 6.20 Å². The molecule has 20 heavy (non-hydrogen) atoms. The van der Waals surface area contributed by atoms with Gasteiger partial charge in [-0.25, -0.2) is 4.68 Å². The van der Waals surface area contributed by atoms with Gasteiger partial charge in [0.05, 0.1) is 22.5 Å². The van der Waals surface area contributed by atoms with Gasteiger partial charge in [0, 0.05) is 17.3 Å². The van der Waals surface area contributed by atoms with Crippen LogP contribution in [0.5, 0.6) is 0 Å². The summed E-state index contributed by atoms with van der Waals surface area (Å²) in [7, 11) is 0. The number of nitrogens with one attached hydrogen (secondary N) is 1. The van der Waals surface area contributed by atoms with Crippen LogP contribution >= 0.6 is 0 Å². The van der Waals surface area contributed by atoms with Crippen LogP contribution in [0, 0.1) is 19.3 Å². The molecule has 0 saturated carbocycles. The van der Waals surface area contributed by atoms with Crippen molar-refractivity contribution in [2.45, 2.75) is 13.8 Å². The smallest absolute Gasteiger partial charge is 0.126 e. The van der Waals surface area contributed by atoms with Crippen LogP contribution in [0.1, 0.15) is 17.0 Å². The quantitative estimate of drug-likeness (QED) is 0.551. The van der Waals surface area contributed by atoms with Gasteiger partial charge in [-0.15, -0.1) is 0 Å². The number of pyridine rings is 1. The molecule has 0 unspecified atom stereocenters. The third-order valence-corrected chi connectivity index (χ3v) is 3.26. The highest BCUT2D eigenvalue weighted by molar-refractivity contribution is 6.04. The SMILES string of the molecule is Cc1cc(C)n(-c2c(C(=N)N)cnc3ccccc23)n1. The van der Waals surface area contributed by atoms with Crippen molar-refractivity contribution in [2.24, 2.45) is 5.73 Å². The van der Waals surface area contributed by atoms with E-state index in [0.29, 0.717) is 5.56 Å². The molecule has 0 spiro atoms. The molecule has 0 saturated heterocycles. The summed E-state index contributed by atoms with van der Waals surface area (Å²) in [6.45, 7) is 3.93. The van der Waals surface area contributed by atoms with Crippen LogP contribution in [0.15, 0.2) is 36.5 Å². The maximum Gasteiger partial charge on any atom is 0.126 e. The van der Waals surface area contributed by atoms with E-state index in [1.807, 2.05) is 48.9 Å². The highest BCUT2D eigenvalue weighted by atomic mass is 15.3. The summed E-state index contributed by atoms with van der Waals surface area (Å²) < 4.78 is 1.83. The van der Waals surface area contributed by atoms with Gasteiger partial charge >= 0.3 is 0 Å². The summed E-state index contributed by atoms with van der Waals surface area (Å²) in [5.41, 5.74) is 9.90. The Balaban J connectivity index is 2.45. The van der Waals surface area contributed by atoms with E-state index in [-0.39, 0.29) is 5.84 Å². The maximum absolute atomic E-state index is 7.77. The van der Waals surface area contributed by atoms with E-state index >= 15 is 0 Å². The molecule has 1 aromatic carbocycles. The summed E-state index contributed by atoms with van der Waals surface area (Å²) in [4.78, 5) is 4.36. The Hall–Kier alpha value is -2.69. The van der Waals surface area contributed by atoms with Crippen LogP contribution in [0.25, 0.3) is 16.6 Å². The number of nitrogens with two attached hydrogens (primary N) is 1. The van der Waals surface area contributed by atoms with E-state index in [1.165, 1.54) is 0 Å². The Morgan fingerprint density at radius 1 is 1.25 bits per heavy atom. The molecule has 3 aromatic rings. The fourth-order valence-corrected chi connectivity index (χ4v) is 2.41. The minimum absolute atomic E-state index is 0.00851. The lowest BCUT2D eigenvalue weighted by atomic mass is 10.1. The Kier molecular flexibility index (Phi) is 2.75. The third-order valence-electron chi connectivity index (χ3n) is 3.26. The van der Waals surface area contributed by atoms with Gasteiger partial charge in [-0.1, -0.05) is 18.2 Å². The van der Waals surface area contributed by atoms with Gasteiger partial charge < -0.3 is 5.73 Å².